The smallest absolute Gasteiger partial charge is 0.251 e. The van der Waals surface area contributed by atoms with Gasteiger partial charge in [-0.1, -0.05) is 29.8 Å². The second kappa shape index (κ2) is 9.74. The number of ether oxygens (including phenoxy) is 2. The quantitative estimate of drug-likeness (QED) is 0.788. The number of halogens is 1. The highest BCUT2D eigenvalue weighted by Crippen LogP contribution is 2.28. The van der Waals surface area contributed by atoms with Gasteiger partial charge in [0.1, 0.15) is 5.75 Å². The first kappa shape index (κ1) is 19.7. The van der Waals surface area contributed by atoms with E-state index in [2.05, 4.69) is 10.2 Å². The fourth-order valence-corrected chi connectivity index (χ4v) is 3.49. The van der Waals surface area contributed by atoms with E-state index in [0.717, 1.165) is 24.4 Å². The Kier molecular flexibility index (Phi) is 7.10. The highest BCUT2D eigenvalue weighted by molar-refractivity contribution is 6.31. The molecule has 1 aliphatic heterocycles. The molecule has 0 spiro atoms. The number of carbonyl (C=O) groups excluding carboxylic acids is 1. The number of morpholine rings is 1. The molecule has 0 aromatic heterocycles. The van der Waals surface area contributed by atoms with Crippen molar-refractivity contribution in [2.45, 2.75) is 13.0 Å². The fraction of sp³-hybridized carbons (Fsp3) is 0.381. The molecule has 144 valence electrons. The Balaban J connectivity index is 1.70. The molecule has 1 fully saturated rings. The lowest BCUT2D eigenvalue weighted by Crippen LogP contribution is -2.44. The molecule has 5 nitrogen and oxygen atoms in total. The molecule has 27 heavy (non-hydrogen) atoms. The summed E-state index contributed by atoms with van der Waals surface area (Å²) in [6.45, 7) is 6.02. The van der Waals surface area contributed by atoms with Crippen molar-refractivity contribution in [3.05, 3.63) is 64.7 Å². The van der Waals surface area contributed by atoms with Crippen molar-refractivity contribution in [2.24, 2.45) is 0 Å². The van der Waals surface area contributed by atoms with Crippen LogP contribution >= 0.6 is 11.6 Å². The highest BCUT2D eigenvalue weighted by atomic mass is 35.5. The van der Waals surface area contributed by atoms with Crippen molar-refractivity contribution >= 4 is 17.5 Å². The van der Waals surface area contributed by atoms with Gasteiger partial charge in [-0.2, -0.15) is 0 Å². The predicted octanol–water partition coefficient (Wildman–Crippen LogP) is 3.54. The monoisotopic (exact) mass is 388 g/mol. The minimum absolute atomic E-state index is 0.00856. The number of hydrogen-bond acceptors (Lipinski definition) is 4. The van der Waals surface area contributed by atoms with Gasteiger partial charge in [-0.05, 0) is 42.8 Å². The zero-order valence-corrected chi connectivity index (χ0v) is 16.2. The Morgan fingerprint density at radius 3 is 2.56 bits per heavy atom. The third-order valence-electron chi connectivity index (χ3n) is 4.63. The Hall–Kier alpha value is -2.08. The molecule has 1 atom stereocenters. The summed E-state index contributed by atoms with van der Waals surface area (Å²) in [6.07, 6.45) is 0. The molecule has 6 heteroatoms. The lowest BCUT2D eigenvalue weighted by atomic mass is 10.0. The number of carbonyl (C=O) groups is 1. The highest BCUT2D eigenvalue weighted by Gasteiger charge is 2.25. The minimum atomic E-state index is -0.108. The SMILES string of the molecule is CCOc1ccc(C(=O)NCC(c2ccccc2Cl)N2CCOCC2)cc1. The van der Waals surface area contributed by atoms with Crippen molar-refractivity contribution < 1.29 is 14.3 Å². The molecule has 1 amide bonds. The maximum atomic E-state index is 12.6. The summed E-state index contributed by atoms with van der Waals surface area (Å²) < 4.78 is 10.9. The van der Waals surface area contributed by atoms with E-state index < -0.39 is 0 Å². The molecular formula is C21H25ClN2O3. The van der Waals surface area contributed by atoms with Crippen molar-refractivity contribution in [3.8, 4) is 5.75 Å². The van der Waals surface area contributed by atoms with Crippen LogP contribution in [-0.2, 0) is 4.74 Å². The molecule has 1 aliphatic rings. The van der Waals surface area contributed by atoms with Crippen LogP contribution in [0.5, 0.6) is 5.75 Å². The van der Waals surface area contributed by atoms with Crippen molar-refractivity contribution in [1.29, 1.82) is 0 Å². The largest absolute Gasteiger partial charge is 0.494 e. The van der Waals surface area contributed by atoms with E-state index in [4.69, 9.17) is 21.1 Å². The molecule has 3 rings (SSSR count). The van der Waals surface area contributed by atoms with Crippen LogP contribution in [0, 0.1) is 0 Å². The second-order valence-electron chi connectivity index (χ2n) is 6.35. The van der Waals surface area contributed by atoms with Gasteiger partial charge in [0.25, 0.3) is 5.91 Å². The molecule has 2 aromatic carbocycles. The summed E-state index contributed by atoms with van der Waals surface area (Å²) in [7, 11) is 0. The second-order valence-corrected chi connectivity index (χ2v) is 6.76. The Morgan fingerprint density at radius 1 is 1.19 bits per heavy atom. The van der Waals surface area contributed by atoms with Gasteiger partial charge in [-0.15, -0.1) is 0 Å². The van der Waals surface area contributed by atoms with Gasteiger partial charge >= 0.3 is 0 Å². The van der Waals surface area contributed by atoms with Crippen LogP contribution in [0.4, 0.5) is 0 Å². The van der Waals surface area contributed by atoms with Gasteiger partial charge in [-0.3, -0.25) is 9.69 Å². The number of nitrogens with one attached hydrogen (secondary N) is 1. The van der Waals surface area contributed by atoms with E-state index >= 15 is 0 Å². The Morgan fingerprint density at radius 2 is 1.89 bits per heavy atom. The summed E-state index contributed by atoms with van der Waals surface area (Å²) in [5, 5.41) is 3.76. The van der Waals surface area contributed by atoms with Crippen LogP contribution in [0.25, 0.3) is 0 Å². The van der Waals surface area contributed by atoms with Gasteiger partial charge < -0.3 is 14.8 Å². The first-order valence-corrected chi connectivity index (χ1v) is 9.64. The first-order valence-electron chi connectivity index (χ1n) is 9.26. The topological polar surface area (TPSA) is 50.8 Å². The number of hydrogen-bond donors (Lipinski definition) is 1. The molecule has 2 aromatic rings. The van der Waals surface area contributed by atoms with Crippen LogP contribution in [0.2, 0.25) is 5.02 Å². The van der Waals surface area contributed by atoms with E-state index in [-0.39, 0.29) is 11.9 Å². The van der Waals surface area contributed by atoms with Gasteiger partial charge in [0.05, 0.1) is 25.9 Å². The minimum Gasteiger partial charge on any atom is -0.494 e. The Bertz CT molecular complexity index is 745. The molecule has 0 radical (unpaired) electrons. The summed E-state index contributed by atoms with van der Waals surface area (Å²) in [5.41, 5.74) is 1.63. The maximum Gasteiger partial charge on any atom is 0.251 e. The lowest BCUT2D eigenvalue weighted by Gasteiger charge is -2.35. The van der Waals surface area contributed by atoms with Crippen LogP contribution < -0.4 is 10.1 Å². The van der Waals surface area contributed by atoms with Crippen molar-refractivity contribution in [1.82, 2.24) is 10.2 Å². The summed E-state index contributed by atoms with van der Waals surface area (Å²) >= 11 is 6.43. The molecule has 1 unspecified atom stereocenters. The van der Waals surface area contributed by atoms with Crippen molar-refractivity contribution in [2.75, 3.05) is 39.5 Å². The van der Waals surface area contributed by atoms with E-state index in [1.54, 1.807) is 12.1 Å². The van der Waals surface area contributed by atoms with Crippen LogP contribution in [0.15, 0.2) is 48.5 Å². The lowest BCUT2D eigenvalue weighted by molar-refractivity contribution is 0.0162. The van der Waals surface area contributed by atoms with Gasteiger partial charge in [0, 0.05) is 30.2 Å². The predicted molar refractivity (Wildman–Crippen MR) is 107 cm³/mol. The number of benzene rings is 2. The van der Waals surface area contributed by atoms with Gasteiger partial charge in [-0.25, -0.2) is 0 Å². The molecule has 1 heterocycles. The van der Waals surface area contributed by atoms with Crippen molar-refractivity contribution in [3.63, 3.8) is 0 Å². The summed E-state index contributed by atoms with van der Waals surface area (Å²) in [6, 6.07) is 15.0. The standard InChI is InChI=1S/C21H25ClN2O3/c1-2-27-17-9-7-16(8-10-17)21(25)23-15-20(24-11-13-26-14-12-24)18-5-3-4-6-19(18)22/h3-10,20H,2,11-15H2,1H3,(H,23,25). The third-order valence-corrected chi connectivity index (χ3v) is 4.98. The molecule has 0 aliphatic carbocycles. The van der Waals surface area contributed by atoms with Crippen LogP contribution in [0.3, 0.4) is 0 Å². The molecule has 1 saturated heterocycles. The molecule has 0 saturated carbocycles. The maximum absolute atomic E-state index is 12.6. The number of nitrogens with zero attached hydrogens (tertiary/aromatic N) is 1. The first-order chi connectivity index (χ1) is 13.2. The normalized spacial score (nSPS) is 15.9. The Labute approximate surface area is 165 Å². The van der Waals surface area contributed by atoms with E-state index in [9.17, 15) is 4.79 Å². The van der Waals surface area contributed by atoms with E-state index in [0.29, 0.717) is 37.0 Å². The van der Waals surface area contributed by atoms with Gasteiger partial charge in [0.2, 0.25) is 0 Å². The average Bonchev–Trinajstić information content (AvgIpc) is 2.71. The van der Waals surface area contributed by atoms with E-state index in [1.165, 1.54) is 0 Å². The summed E-state index contributed by atoms with van der Waals surface area (Å²) in [5.74, 6) is 0.652. The number of amides is 1. The van der Waals surface area contributed by atoms with E-state index in [1.807, 2.05) is 43.3 Å². The van der Waals surface area contributed by atoms with Crippen LogP contribution in [-0.4, -0.2) is 50.3 Å². The third kappa shape index (κ3) is 5.22. The zero-order chi connectivity index (χ0) is 19.1. The zero-order valence-electron chi connectivity index (χ0n) is 15.5. The summed E-state index contributed by atoms with van der Waals surface area (Å²) in [4.78, 5) is 14.9. The van der Waals surface area contributed by atoms with Crippen LogP contribution in [0.1, 0.15) is 28.9 Å². The number of rotatable bonds is 7. The molecular weight excluding hydrogens is 364 g/mol. The molecule has 0 bridgehead atoms. The fourth-order valence-electron chi connectivity index (χ4n) is 3.23. The molecule has 1 N–H and O–H groups in total. The van der Waals surface area contributed by atoms with Gasteiger partial charge in [0.15, 0.2) is 0 Å². The average molecular weight is 389 g/mol.